The van der Waals surface area contributed by atoms with Gasteiger partial charge in [-0.15, -0.1) is 0 Å². The fourth-order valence-electron chi connectivity index (χ4n) is 5.80. The van der Waals surface area contributed by atoms with Gasteiger partial charge in [0.15, 0.2) is 5.78 Å². The van der Waals surface area contributed by atoms with Crippen LogP contribution in [0, 0.1) is 34.5 Å². The Morgan fingerprint density at radius 3 is 2.85 bits per heavy atom. The lowest BCUT2D eigenvalue weighted by Crippen LogP contribution is -2.43. The monoisotopic (exact) mass is 447 g/mol. The minimum absolute atomic E-state index is 0.00410. The van der Waals surface area contributed by atoms with E-state index in [-0.39, 0.29) is 35.9 Å². The Hall–Kier alpha value is -3.14. The van der Waals surface area contributed by atoms with Crippen LogP contribution in [-0.2, 0) is 20.8 Å². The Morgan fingerprint density at radius 2 is 2.15 bits per heavy atom. The first-order valence-electron chi connectivity index (χ1n) is 11.8. The summed E-state index contributed by atoms with van der Waals surface area (Å²) in [5.41, 5.74) is 1.75. The first-order chi connectivity index (χ1) is 15.9. The van der Waals surface area contributed by atoms with Crippen LogP contribution in [0.3, 0.4) is 0 Å². The van der Waals surface area contributed by atoms with Crippen molar-refractivity contribution in [3.63, 3.8) is 0 Å². The minimum Gasteiger partial charge on any atom is -0.496 e. The number of benzene rings is 1. The van der Waals surface area contributed by atoms with Gasteiger partial charge in [-0.1, -0.05) is 25.0 Å². The van der Waals surface area contributed by atoms with Crippen LogP contribution in [0.1, 0.15) is 49.7 Å². The second kappa shape index (κ2) is 8.33. The third kappa shape index (κ3) is 4.15. The van der Waals surface area contributed by atoms with Gasteiger partial charge in [0, 0.05) is 36.4 Å². The second-order valence-corrected chi connectivity index (χ2v) is 10.1. The highest BCUT2D eigenvalue weighted by molar-refractivity contribution is 6.03. The van der Waals surface area contributed by atoms with Crippen molar-refractivity contribution in [1.82, 2.24) is 10.6 Å². The average Bonchev–Trinajstić information content (AvgIpc) is 3.25. The first-order valence-corrected chi connectivity index (χ1v) is 11.8. The third-order valence-electron chi connectivity index (χ3n) is 7.79. The Balaban J connectivity index is 1.29. The van der Waals surface area contributed by atoms with Gasteiger partial charge in [-0.25, -0.2) is 0 Å². The van der Waals surface area contributed by atoms with E-state index >= 15 is 0 Å². The van der Waals surface area contributed by atoms with Crippen molar-refractivity contribution in [2.45, 2.75) is 51.0 Å². The zero-order valence-corrected chi connectivity index (χ0v) is 18.9. The molecular weight excluding hydrogens is 418 g/mol. The van der Waals surface area contributed by atoms with Gasteiger partial charge in [0.2, 0.25) is 11.8 Å². The highest BCUT2D eigenvalue weighted by Crippen LogP contribution is 2.49. The number of nitriles is 1. The molecule has 0 bridgehead atoms. The summed E-state index contributed by atoms with van der Waals surface area (Å²) in [7, 11) is 1.61. The highest BCUT2D eigenvalue weighted by atomic mass is 16.5. The normalized spacial score (nSPS) is 28.2. The fraction of sp³-hybridized carbons (Fsp3) is 0.538. The van der Waals surface area contributed by atoms with E-state index in [2.05, 4.69) is 16.7 Å². The SMILES string of the molecule is COc1cccc2c1C=C(C(=O)NC(CC1CC1)C(=O)CC1(C#N)CC3CNC(=O)C3C1)C2. The molecule has 0 aromatic heterocycles. The summed E-state index contributed by atoms with van der Waals surface area (Å²) in [6.45, 7) is 0.585. The van der Waals surface area contributed by atoms with E-state index in [1.807, 2.05) is 24.3 Å². The largest absolute Gasteiger partial charge is 0.496 e. The molecule has 7 heteroatoms. The maximum Gasteiger partial charge on any atom is 0.248 e. The molecular formula is C26H29N3O4. The molecule has 7 nitrogen and oxygen atoms in total. The molecule has 33 heavy (non-hydrogen) atoms. The van der Waals surface area contributed by atoms with Gasteiger partial charge in [0.1, 0.15) is 5.75 Å². The molecule has 4 atom stereocenters. The van der Waals surface area contributed by atoms with E-state index in [0.717, 1.165) is 29.7 Å². The van der Waals surface area contributed by atoms with Crippen molar-refractivity contribution in [2.24, 2.45) is 23.2 Å². The van der Waals surface area contributed by atoms with E-state index in [0.29, 0.717) is 43.7 Å². The summed E-state index contributed by atoms with van der Waals surface area (Å²) < 4.78 is 5.41. The topological polar surface area (TPSA) is 108 Å². The zero-order valence-electron chi connectivity index (χ0n) is 18.9. The molecule has 3 fully saturated rings. The summed E-state index contributed by atoms with van der Waals surface area (Å²) >= 11 is 0. The predicted molar refractivity (Wildman–Crippen MR) is 121 cm³/mol. The number of ketones is 1. The van der Waals surface area contributed by atoms with E-state index in [4.69, 9.17) is 4.74 Å². The number of fused-ring (bicyclic) bond motifs is 2. The Kier molecular flexibility index (Phi) is 5.48. The number of nitrogens with one attached hydrogen (secondary N) is 2. The van der Waals surface area contributed by atoms with Crippen molar-refractivity contribution < 1.29 is 19.1 Å². The molecule has 2 amide bonds. The van der Waals surface area contributed by atoms with Gasteiger partial charge >= 0.3 is 0 Å². The lowest BCUT2D eigenvalue weighted by molar-refractivity contribution is -0.127. The number of methoxy groups -OCH3 is 1. The number of nitrogens with zero attached hydrogens (tertiary/aromatic N) is 1. The van der Waals surface area contributed by atoms with Crippen molar-refractivity contribution in [1.29, 1.82) is 5.26 Å². The van der Waals surface area contributed by atoms with Crippen LogP contribution in [0.4, 0.5) is 0 Å². The number of carbonyl (C=O) groups is 3. The van der Waals surface area contributed by atoms with Crippen LogP contribution < -0.4 is 15.4 Å². The van der Waals surface area contributed by atoms with Crippen molar-refractivity contribution in [3.8, 4) is 11.8 Å². The van der Waals surface area contributed by atoms with Crippen molar-refractivity contribution in [2.75, 3.05) is 13.7 Å². The highest BCUT2D eigenvalue weighted by Gasteiger charge is 2.52. The molecule has 2 saturated carbocycles. The molecule has 3 aliphatic carbocycles. The molecule has 4 unspecified atom stereocenters. The fourth-order valence-corrected chi connectivity index (χ4v) is 5.80. The molecule has 1 aromatic rings. The number of amides is 2. The molecule has 2 N–H and O–H groups in total. The van der Waals surface area contributed by atoms with Gasteiger partial charge in [-0.2, -0.15) is 5.26 Å². The lowest BCUT2D eigenvalue weighted by atomic mass is 9.79. The van der Waals surface area contributed by atoms with Crippen molar-refractivity contribution in [3.05, 3.63) is 34.9 Å². The van der Waals surface area contributed by atoms with Crippen LogP contribution >= 0.6 is 0 Å². The Labute approximate surface area is 193 Å². The molecule has 1 aromatic carbocycles. The molecule has 1 saturated heterocycles. The quantitative estimate of drug-likeness (QED) is 0.637. The minimum atomic E-state index is -0.813. The maximum absolute atomic E-state index is 13.4. The van der Waals surface area contributed by atoms with E-state index in [1.165, 1.54) is 0 Å². The number of hydrogen-bond donors (Lipinski definition) is 2. The molecule has 1 heterocycles. The number of Topliss-reactive ketones (excluding diaryl/α,β-unsaturated/α-hetero) is 1. The first kappa shape index (κ1) is 21.7. The molecule has 4 aliphatic rings. The molecule has 5 rings (SSSR count). The summed E-state index contributed by atoms with van der Waals surface area (Å²) in [6.07, 6.45) is 6.17. The average molecular weight is 448 g/mol. The third-order valence-corrected chi connectivity index (χ3v) is 7.79. The summed E-state index contributed by atoms with van der Waals surface area (Å²) in [5, 5.41) is 15.8. The summed E-state index contributed by atoms with van der Waals surface area (Å²) in [5.74, 6) is 0.792. The van der Waals surface area contributed by atoms with Crippen LogP contribution in [0.5, 0.6) is 5.75 Å². The van der Waals surface area contributed by atoms with Crippen LogP contribution in [0.25, 0.3) is 6.08 Å². The summed E-state index contributed by atoms with van der Waals surface area (Å²) in [6, 6.07) is 7.53. The number of rotatable bonds is 8. The van der Waals surface area contributed by atoms with Crippen LogP contribution in [-0.4, -0.2) is 37.3 Å². The second-order valence-electron chi connectivity index (χ2n) is 10.1. The molecule has 1 aliphatic heterocycles. The predicted octanol–water partition coefficient (Wildman–Crippen LogP) is 2.54. The number of hydrogen-bond acceptors (Lipinski definition) is 5. The molecule has 0 spiro atoms. The van der Waals surface area contributed by atoms with Crippen LogP contribution in [0.2, 0.25) is 0 Å². The Morgan fingerprint density at radius 1 is 1.33 bits per heavy atom. The standard InChI is InChI=1S/C26H29N3O4/c1-33-23-4-2-3-16-8-17(9-19(16)23)24(31)29-21(7-15-5-6-15)22(30)12-26(14-27)10-18-13-28-25(32)20(18)11-26/h2-4,9,15,18,20-21H,5-8,10-13H2,1H3,(H,28,32)(H,29,31). The molecule has 0 radical (unpaired) electrons. The van der Waals surface area contributed by atoms with E-state index in [1.54, 1.807) is 7.11 Å². The van der Waals surface area contributed by atoms with E-state index in [9.17, 15) is 19.6 Å². The zero-order chi connectivity index (χ0) is 23.2. The van der Waals surface area contributed by atoms with Gasteiger partial charge in [0.25, 0.3) is 0 Å². The van der Waals surface area contributed by atoms with Gasteiger partial charge in [0.05, 0.1) is 24.6 Å². The lowest BCUT2D eigenvalue weighted by Gasteiger charge is -2.25. The van der Waals surface area contributed by atoms with Crippen molar-refractivity contribution >= 4 is 23.7 Å². The van der Waals surface area contributed by atoms with E-state index < -0.39 is 11.5 Å². The van der Waals surface area contributed by atoms with Gasteiger partial charge in [-0.05, 0) is 48.8 Å². The number of ether oxygens (including phenoxy) is 1. The number of carbonyl (C=O) groups excluding carboxylic acids is 3. The maximum atomic E-state index is 13.4. The molecule has 172 valence electrons. The Bertz CT molecular complexity index is 1080. The van der Waals surface area contributed by atoms with Gasteiger partial charge < -0.3 is 15.4 Å². The summed E-state index contributed by atoms with van der Waals surface area (Å²) in [4.78, 5) is 38.6. The van der Waals surface area contributed by atoms with Gasteiger partial charge in [-0.3, -0.25) is 14.4 Å². The van der Waals surface area contributed by atoms with Crippen LogP contribution in [0.15, 0.2) is 23.8 Å². The smallest absolute Gasteiger partial charge is 0.248 e.